The fraction of sp³-hybridized carbons (Fsp3) is 0.320. The molecule has 0 radical (unpaired) electrons. The predicted molar refractivity (Wildman–Crippen MR) is 113 cm³/mol. The summed E-state index contributed by atoms with van der Waals surface area (Å²) < 4.78 is 0. The molecular formula is C25H26O3. The molecule has 0 atom stereocenters. The Morgan fingerprint density at radius 3 is 2.25 bits per heavy atom. The Bertz CT molecular complexity index is 1030. The number of fused-ring (bicyclic) bond motifs is 1. The first-order valence-corrected chi connectivity index (χ1v) is 10.0. The van der Waals surface area contributed by atoms with Gasteiger partial charge < -0.3 is 10.2 Å². The largest absolute Gasteiger partial charge is 0.478 e. The summed E-state index contributed by atoms with van der Waals surface area (Å²) in [5, 5.41) is 21.0. The molecule has 1 fully saturated rings. The summed E-state index contributed by atoms with van der Waals surface area (Å²) >= 11 is 0. The van der Waals surface area contributed by atoms with E-state index in [1.807, 2.05) is 12.1 Å². The number of rotatable bonds is 4. The minimum atomic E-state index is -0.907. The van der Waals surface area contributed by atoms with Crippen molar-refractivity contribution in [2.45, 2.75) is 51.0 Å². The summed E-state index contributed by atoms with van der Waals surface area (Å²) in [6, 6.07) is 17.8. The van der Waals surface area contributed by atoms with Gasteiger partial charge in [-0.25, -0.2) is 4.79 Å². The lowest BCUT2D eigenvalue weighted by Crippen LogP contribution is -2.26. The maximum absolute atomic E-state index is 11.2. The molecule has 3 nitrogen and oxygen atoms in total. The number of hydrogen-bond donors (Lipinski definition) is 2. The highest BCUT2D eigenvalue weighted by atomic mass is 16.4. The molecular weight excluding hydrogens is 348 g/mol. The minimum absolute atomic E-state index is 0.0703. The molecule has 0 heterocycles. The average molecular weight is 374 g/mol. The van der Waals surface area contributed by atoms with E-state index in [-0.39, 0.29) is 12.0 Å². The van der Waals surface area contributed by atoms with E-state index in [1.54, 1.807) is 12.1 Å². The van der Waals surface area contributed by atoms with Crippen LogP contribution in [0.25, 0.3) is 21.9 Å². The molecule has 0 bridgehead atoms. The molecule has 1 aliphatic rings. The van der Waals surface area contributed by atoms with Gasteiger partial charge in [0.1, 0.15) is 0 Å². The molecule has 0 unspecified atom stereocenters. The first-order chi connectivity index (χ1) is 13.5. The zero-order valence-corrected chi connectivity index (χ0v) is 16.2. The van der Waals surface area contributed by atoms with Gasteiger partial charge in [-0.05, 0) is 69.5 Å². The summed E-state index contributed by atoms with van der Waals surface area (Å²) in [4.78, 5) is 11.2. The Morgan fingerprint density at radius 1 is 0.893 bits per heavy atom. The number of carboxylic acids is 1. The second-order valence-corrected chi connectivity index (χ2v) is 8.23. The summed E-state index contributed by atoms with van der Waals surface area (Å²) in [5.41, 5.74) is 4.98. The maximum Gasteiger partial charge on any atom is 0.335 e. The van der Waals surface area contributed by atoms with Gasteiger partial charge in [-0.2, -0.15) is 0 Å². The molecule has 3 aromatic carbocycles. The van der Waals surface area contributed by atoms with Crippen LogP contribution in [0.4, 0.5) is 0 Å². The Morgan fingerprint density at radius 2 is 1.54 bits per heavy atom. The maximum atomic E-state index is 11.2. The van der Waals surface area contributed by atoms with Crippen LogP contribution in [0.1, 0.15) is 60.5 Å². The van der Waals surface area contributed by atoms with Crippen LogP contribution in [0.5, 0.6) is 0 Å². The van der Waals surface area contributed by atoms with Gasteiger partial charge in [0.25, 0.3) is 0 Å². The number of aliphatic hydroxyl groups is 1. The molecule has 0 amide bonds. The molecule has 0 saturated heterocycles. The second-order valence-electron chi connectivity index (χ2n) is 8.23. The highest BCUT2D eigenvalue weighted by molar-refractivity contribution is 5.95. The number of carbonyl (C=O) groups is 1. The molecule has 3 aromatic rings. The molecule has 0 aromatic heterocycles. The van der Waals surface area contributed by atoms with Gasteiger partial charge in [-0.1, -0.05) is 62.6 Å². The highest BCUT2D eigenvalue weighted by Gasteiger charge is 2.30. The molecule has 4 rings (SSSR count). The van der Waals surface area contributed by atoms with Crippen molar-refractivity contribution in [2.75, 3.05) is 0 Å². The van der Waals surface area contributed by atoms with Gasteiger partial charge in [0, 0.05) is 0 Å². The second kappa shape index (κ2) is 7.40. The van der Waals surface area contributed by atoms with Crippen LogP contribution < -0.4 is 0 Å². The van der Waals surface area contributed by atoms with Gasteiger partial charge in [-0.15, -0.1) is 0 Å². The molecule has 0 aliphatic heterocycles. The predicted octanol–water partition coefficient (Wildman–Crippen LogP) is 5.92. The van der Waals surface area contributed by atoms with E-state index in [9.17, 15) is 15.0 Å². The van der Waals surface area contributed by atoms with Crippen molar-refractivity contribution in [1.82, 2.24) is 0 Å². The number of aromatic carboxylic acids is 1. The normalized spacial score (nSPS) is 16.2. The van der Waals surface area contributed by atoms with E-state index in [0.29, 0.717) is 5.56 Å². The zero-order chi connectivity index (χ0) is 19.7. The molecule has 28 heavy (non-hydrogen) atoms. The number of hydrogen-bond acceptors (Lipinski definition) is 2. The quantitative estimate of drug-likeness (QED) is 0.596. The van der Waals surface area contributed by atoms with Crippen LogP contribution in [0.3, 0.4) is 0 Å². The van der Waals surface area contributed by atoms with E-state index >= 15 is 0 Å². The van der Waals surface area contributed by atoms with Crippen molar-refractivity contribution in [3.8, 4) is 11.1 Å². The molecule has 2 N–H and O–H groups in total. The first-order valence-electron chi connectivity index (χ1n) is 10.0. The van der Waals surface area contributed by atoms with Crippen LogP contribution in [0.2, 0.25) is 0 Å². The third-order valence-electron chi connectivity index (χ3n) is 6.31. The number of aliphatic hydroxyl groups excluding tert-OH is 1. The van der Waals surface area contributed by atoms with Crippen LogP contribution in [0.15, 0.2) is 54.6 Å². The lowest BCUT2D eigenvalue weighted by Gasteiger charge is -2.36. The van der Waals surface area contributed by atoms with Gasteiger partial charge in [0.15, 0.2) is 0 Å². The van der Waals surface area contributed by atoms with Crippen molar-refractivity contribution in [3.05, 3.63) is 71.3 Å². The van der Waals surface area contributed by atoms with Gasteiger partial charge in [0.2, 0.25) is 0 Å². The zero-order valence-electron chi connectivity index (χ0n) is 16.2. The number of benzene rings is 3. The molecule has 1 aliphatic carbocycles. The van der Waals surface area contributed by atoms with Crippen LogP contribution >= 0.6 is 0 Å². The lowest BCUT2D eigenvalue weighted by molar-refractivity contribution is 0.0697. The monoisotopic (exact) mass is 374 g/mol. The van der Waals surface area contributed by atoms with Crippen molar-refractivity contribution in [1.29, 1.82) is 0 Å². The summed E-state index contributed by atoms with van der Waals surface area (Å²) in [5.74, 6) is -0.907. The molecule has 0 spiro atoms. The van der Waals surface area contributed by atoms with E-state index in [2.05, 4.69) is 37.3 Å². The fourth-order valence-electron chi connectivity index (χ4n) is 4.62. The third-order valence-corrected chi connectivity index (χ3v) is 6.31. The standard InChI is InChI=1S/C25H26O3/c1-25(11-3-2-4-12-25)23-15-20(8-10-22(23)16-26)18-5-6-19-14-21(24(27)28)9-7-17(19)13-18/h5-10,13-15,26H,2-4,11-12,16H2,1H3,(H,27,28). The SMILES string of the molecule is CC1(c2cc(-c3ccc4cc(C(=O)O)ccc4c3)ccc2CO)CCCCC1. The summed E-state index contributed by atoms with van der Waals surface area (Å²) in [6.45, 7) is 2.40. The highest BCUT2D eigenvalue weighted by Crippen LogP contribution is 2.42. The van der Waals surface area contributed by atoms with Crippen LogP contribution in [-0.4, -0.2) is 16.2 Å². The third kappa shape index (κ3) is 3.43. The van der Waals surface area contributed by atoms with Crippen LogP contribution in [-0.2, 0) is 12.0 Å². The van der Waals surface area contributed by atoms with Crippen molar-refractivity contribution in [2.24, 2.45) is 0 Å². The van der Waals surface area contributed by atoms with E-state index < -0.39 is 5.97 Å². The van der Waals surface area contributed by atoms with E-state index in [1.165, 1.54) is 37.7 Å². The Hall–Kier alpha value is -2.65. The first kappa shape index (κ1) is 18.7. The molecule has 3 heteroatoms. The number of carboxylic acid groups (broad SMARTS) is 1. The Labute approximate surface area is 165 Å². The summed E-state index contributed by atoms with van der Waals surface area (Å²) in [7, 11) is 0. The van der Waals surface area contributed by atoms with Gasteiger partial charge in [0.05, 0.1) is 12.2 Å². The molecule has 1 saturated carbocycles. The topological polar surface area (TPSA) is 57.5 Å². The average Bonchev–Trinajstić information content (AvgIpc) is 2.73. The van der Waals surface area contributed by atoms with E-state index in [4.69, 9.17) is 0 Å². The van der Waals surface area contributed by atoms with Crippen molar-refractivity contribution < 1.29 is 15.0 Å². The van der Waals surface area contributed by atoms with E-state index in [0.717, 1.165) is 27.5 Å². The minimum Gasteiger partial charge on any atom is -0.478 e. The van der Waals surface area contributed by atoms with Crippen molar-refractivity contribution in [3.63, 3.8) is 0 Å². The lowest BCUT2D eigenvalue weighted by atomic mass is 9.69. The summed E-state index contributed by atoms with van der Waals surface area (Å²) in [6.07, 6.45) is 6.12. The van der Waals surface area contributed by atoms with Crippen LogP contribution in [0, 0.1) is 0 Å². The Kier molecular flexibility index (Phi) is 4.94. The fourth-order valence-corrected chi connectivity index (χ4v) is 4.62. The van der Waals surface area contributed by atoms with Crippen molar-refractivity contribution >= 4 is 16.7 Å². The smallest absolute Gasteiger partial charge is 0.335 e. The molecule has 144 valence electrons. The van der Waals surface area contributed by atoms with Gasteiger partial charge >= 0.3 is 5.97 Å². The van der Waals surface area contributed by atoms with Gasteiger partial charge in [-0.3, -0.25) is 0 Å². The Balaban J connectivity index is 1.77.